The van der Waals surface area contributed by atoms with E-state index in [2.05, 4.69) is 30.6 Å². The van der Waals surface area contributed by atoms with Crippen molar-refractivity contribution in [1.29, 1.82) is 0 Å². The van der Waals surface area contributed by atoms with Crippen molar-refractivity contribution in [1.82, 2.24) is 9.80 Å². The van der Waals surface area contributed by atoms with E-state index in [-0.39, 0.29) is 6.10 Å². The predicted octanol–water partition coefficient (Wildman–Crippen LogP) is 0.548. The Balaban J connectivity index is 1.94. The molecule has 6 nitrogen and oxygen atoms in total. The molecular formula is C13H28N2O4Sn. The van der Waals surface area contributed by atoms with Crippen LogP contribution >= 0.6 is 0 Å². The quantitative estimate of drug-likeness (QED) is 0.637. The summed E-state index contributed by atoms with van der Waals surface area (Å²) in [5.41, 5.74) is 0. The summed E-state index contributed by atoms with van der Waals surface area (Å²) in [5, 5.41) is 0. The second-order valence-corrected chi connectivity index (χ2v) is 11.3. The standard InChI is InChI=1S/C7H15NO2.C6H13NO2.Sn/c1-3-8(4-5-9)6-7(2)10;1-2-7(3-5-8)4-6-9;/h7H,3-6H2,1-2H3;2-6H2,1H3;/q2*-2;+4. The number of likely N-dealkylation sites (N-methyl/N-ethyl adjacent to an activating group) is 2. The van der Waals surface area contributed by atoms with Gasteiger partial charge in [-0.25, -0.2) is 0 Å². The Morgan fingerprint density at radius 3 is 1.90 bits per heavy atom. The van der Waals surface area contributed by atoms with Gasteiger partial charge in [0.25, 0.3) is 0 Å². The summed E-state index contributed by atoms with van der Waals surface area (Å²) in [4.78, 5) is 4.66. The Labute approximate surface area is 128 Å². The van der Waals surface area contributed by atoms with E-state index in [4.69, 9.17) is 12.3 Å². The van der Waals surface area contributed by atoms with Crippen molar-refractivity contribution in [2.75, 3.05) is 59.1 Å². The topological polar surface area (TPSA) is 43.4 Å². The second kappa shape index (κ2) is 8.26. The monoisotopic (exact) mass is 396 g/mol. The fraction of sp³-hybridized carbons (Fsp3) is 1.00. The minimum absolute atomic E-state index is 0.104. The van der Waals surface area contributed by atoms with Crippen LogP contribution in [0.1, 0.15) is 20.8 Å². The Hall–Kier alpha value is 0.559. The normalized spacial score (nSPS) is 30.4. The number of hydrogen-bond donors (Lipinski definition) is 0. The van der Waals surface area contributed by atoms with E-state index < -0.39 is 20.0 Å². The molecule has 118 valence electrons. The van der Waals surface area contributed by atoms with Crippen LogP contribution in [0.5, 0.6) is 0 Å². The van der Waals surface area contributed by atoms with Crippen molar-refractivity contribution in [2.24, 2.45) is 0 Å². The van der Waals surface area contributed by atoms with Gasteiger partial charge in [-0.3, -0.25) is 0 Å². The summed E-state index contributed by atoms with van der Waals surface area (Å²) >= 11 is -3.77. The van der Waals surface area contributed by atoms with Crippen LogP contribution in [-0.2, 0) is 12.3 Å². The van der Waals surface area contributed by atoms with Crippen molar-refractivity contribution in [3.63, 3.8) is 0 Å². The molecule has 0 aliphatic carbocycles. The molecule has 2 saturated heterocycles. The van der Waals surface area contributed by atoms with E-state index in [1.807, 2.05) is 0 Å². The van der Waals surface area contributed by atoms with Gasteiger partial charge in [0.05, 0.1) is 0 Å². The van der Waals surface area contributed by atoms with Gasteiger partial charge in [0.2, 0.25) is 0 Å². The zero-order valence-electron chi connectivity index (χ0n) is 13.0. The summed E-state index contributed by atoms with van der Waals surface area (Å²) in [6.07, 6.45) is 0.104. The van der Waals surface area contributed by atoms with Crippen molar-refractivity contribution in [3.05, 3.63) is 0 Å². The molecule has 0 N–H and O–H groups in total. The molecule has 0 aromatic carbocycles. The first-order valence-electron chi connectivity index (χ1n) is 7.72. The van der Waals surface area contributed by atoms with Crippen LogP contribution in [0.15, 0.2) is 0 Å². The van der Waals surface area contributed by atoms with Gasteiger partial charge in [-0.05, 0) is 0 Å². The van der Waals surface area contributed by atoms with E-state index in [9.17, 15) is 0 Å². The van der Waals surface area contributed by atoms with Crippen LogP contribution in [-0.4, -0.2) is 95.0 Å². The molecule has 20 heavy (non-hydrogen) atoms. The number of hydrogen-bond acceptors (Lipinski definition) is 6. The van der Waals surface area contributed by atoms with Crippen LogP contribution in [0.3, 0.4) is 0 Å². The van der Waals surface area contributed by atoms with Gasteiger partial charge in [-0.2, -0.15) is 0 Å². The second-order valence-electron chi connectivity index (χ2n) is 5.30. The Morgan fingerprint density at radius 2 is 1.40 bits per heavy atom. The summed E-state index contributed by atoms with van der Waals surface area (Å²) in [7, 11) is 0. The van der Waals surface area contributed by atoms with E-state index in [1.165, 1.54) is 0 Å². The minimum atomic E-state index is -3.77. The van der Waals surface area contributed by atoms with Crippen LogP contribution in [0.2, 0.25) is 0 Å². The van der Waals surface area contributed by atoms with Crippen molar-refractivity contribution in [2.45, 2.75) is 26.9 Å². The van der Waals surface area contributed by atoms with Gasteiger partial charge in [0.1, 0.15) is 0 Å². The van der Waals surface area contributed by atoms with Gasteiger partial charge in [-0.1, -0.05) is 0 Å². The maximum atomic E-state index is 6.14. The van der Waals surface area contributed by atoms with E-state index in [0.29, 0.717) is 19.8 Å². The summed E-state index contributed by atoms with van der Waals surface area (Å²) in [6, 6.07) is 0. The molecule has 1 atom stereocenters. The summed E-state index contributed by atoms with van der Waals surface area (Å²) in [5.74, 6) is 0. The molecule has 0 aromatic heterocycles. The zero-order chi connectivity index (χ0) is 14.4. The molecule has 2 aliphatic rings. The molecule has 2 heterocycles. The van der Waals surface area contributed by atoms with E-state index >= 15 is 0 Å². The molecule has 0 aromatic rings. The molecule has 1 spiro atoms. The first-order valence-corrected chi connectivity index (χ1v) is 12.4. The van der Waals surface area contributed by atoms with Crippen molar-refractivity contribution < 1.29 is 12.3 Å². The molecule has 7 heteroatoms. The molecular weight excluding hydrogens is 367 g/mol. The Kier molecular flexibility index (Phi) is 6.99. The van der Waals surface area contributed by atoms with Gasteiger partial charge in [-0.15, -0.1) is 0 Å². The third-order valence-corrected chi connectivity index (χ3v) is 10.6. The van der Waals surface area contributed by atoms with Crippen LogP contribution in [0.25, 0.3) is 0 Å². The third-order valence-electron chi connectivity index (χ3n) is 3.81. The summed E-state index contributed by atoms with van der Waals surface area (Å²) in [6.45, 7) is 14.1. The summed E-state index contributed by atoms with van der Waals surface area (Å²) < 4.78 is 24.1. The zero-order valence-corrected chi connectivity index (χ0v) is 15.8. The van der Waals surface area contributed by atoms with Crippen molar-refractivity contribution >= 4 is 20.0 Å². The molecule has 0 radical (unpaired) electrons. The average molecular weight is 395 g/mol. The van der Waals surface area contributed by atoms with Gasteiger partial charge in [0.15, 0.2) is 0 Å². The number of nitrogens with zero attached hydrogens (tertiary/aromatic N) is 2. The molecule has 2 rings (SSSR count). The van der Waals surface area contributed by atoms with Gasteiger partial charge < -0.3 is 0 Å². The van der Waals surface area contributed by atoms with Crippen molar-refractivity contribution in [3.8, 4) is 0 Å². The first-order chi connectivity index (χ1) is 9.67. The van der Waals surface area contributed by atoms with E-state index in [0.717, 1.165) is 39.3 Å². The Morgan fingerprint density at radius 1 is 0.900 bits per heavy atom. The molecule has 2 fully saturated rings. The first kappa shape index (κ1) is 16.9. The van der Waals surface area contributed by atoms with Gasteiger partial charge in [0, 0.05) is 0 Å². The molecule has 0 bridgehead atoms. The molecule has 0 saturated carbocycles. The van der Waals surface area contributed by atoms with E-state index in [1.54, 1.807) is 0 Å². The molecule has 0 amide bonds. The SMILES string of the molecule is CCN1CC[O][Sn]2([O]CC1)[O]CCN(CC)CC(C)[O]2. The Bertz CT molecular complexity index is 277. The third kappa shape index (κ3) is 4.79. The van der Waals surface area contributed by atoms with Gasteiger partial charge >= 0.3 is 128 Å². The van der Waals surface area contributed by atoms with Crippen LogP contribution < -0.4 is 0 Å². The van der Waals surface area contributed by atoms with Crippen LogP contribution in [0.4, 0.5) is 0 Å². The predicted molar refractivity (Wildman–Crippen MR) is 78.4 cm³/mol. The van der Waals surface area contributed by atoms with Crippen LogP contribution in [0, 0.1) is 0 Å². The number of rotatable bonds is 2. The molecule has 2 aliphatic heterocycles. The fourth-order valence-corrected chi connectivity index (χ4v) is 8.42. The average Bonchev–Trinajstić information content (AvgIpc) is 2.39. The fourth-order valence-electron chi connectivity index (χ4n) is 2.58. The molecule has 1 unspecified atom stereocenters. The maximum absolute atomic E-state index is 6.14.